The van der Waals surface area contributed by atoms with Gasteiger partial charge in [0.1, 0.15) is 0 Å². The third-order valence-electron chi connectivity index (χ3n) is 1.97. The average Bonchev–Trinajstić information content (AvgIpc) is 2.23. The lowest BCUT2D eigenvalue weighted by molar-refractivity contribution is -0.688. The van der Waals surface area contributed by atoms with E-state index >= 15 is 0 Å². The predicted molar refractivity (Wildman–Crippen MR) is 55.0 cm³/mol. The number of nitrogens with zero attached hydrogens (tertiary/aromatic N) is 2. The number of hydrogen-bond acceptors (Lipinski definition) is 1. The Labute approximate surface area is 87.8 Å². The largest absolute Gasteiger partial charge is 0.252 e. The van der Waals surface area contributed by atoms with Crippen LogP contribution in [0.5, 0.6) is 0 Å². The zero-order valence-electron chi connectivity index (χ0n) is 7.60. The van der Waals surface area contributed by atoms with E-state index in [4.69, 9.17) is 11.6 Å². The van der Waals surface area contributed by atoms with E-state index in [0.29, 0.717) is 0 Å². The van der Waals surface area contributed by atoms with Gasteiger partial charge in [-0.1, -0.05) is 23.7 Å². The highest BCUT2D eigenvalue weighted by molar-refractivity contribution is 6.30. The number of hydrogen-bond donors (Lipinski definition) is 0. The summed E-state index contributed by atoms with van der Waals surface area (Å²) in [5, 5.41) is 0.772. The Kier molecular flexibility index (Phi) is 2.75. The van der Waals surface area contributed by atoms with Crippen molar-refractivity contribution in [2.75, 3.05) is 0 Å². The molecule has 2 rings (SSSR count). The van der Waals surface area contributed by atoms with Gasteiger partial charge >= 0.3 is 0 Å². The topological polar surface area (TPSA) is 16.8 Å². The van der Waals surface area contributed by atoms with Gasteiger partial charge in [0.05, 0.1) is 12.4 Å². The van der Waals surface area contributed by atoms with Crippen LogP contribution in [0.3, 0.4) is 0 Å². The molecule has 0 atom stereocenters. The Balaban J connectivity index is 2.16. The van der Waals surface area contributed by atoms with Crippen molar-refractivity contribution in [1.29, 1.82) is 0 Å². The highest BCUT2D eigenvalue weighted by Crippen LogP contribution is 2.08. The lowest BCUT2D eigenvalue weighted by atomic mass is 10.2. The second kappa shape index (κ2) is 4.20. The van der Waals surface area contributed by atoms with Crippen molar-refractivity contribution in [3.8, 4) is 0 Å². The molecular weight excluding hydrogens is 196 g/mol. The van der Waals surface area contributed by atoms with Crippen LogP contribution >= 0.6 is 11.6 Å². The maximum absolute atomic E-state index is 5.80. The molecule has 2 aromatic rings. The Bertz CT molecular complexity index is 397. The molecule has 1 heterocycles. The lowest BCUT2D eigenvalue weighted by Crippen LogP contribution is -2.33. The molecule has 0 aliphatic carbocycles. The van der Waals surface area contributed by atoms with Crippen molar-refractivity contribution in [2.45, 2.75) is 6.54 Å². The third-order valence-corrected chi connectivity index (χ3v) is 2.22. The second-order valence-corrected chi connectivity index (χ2v) is 3.48. The summed E-state index contributed by atoms with van der Waals surface area (Å²) in [6.07, 6.45) is 7.43. The minimum absolute atomic E-state index is 0.772. The first-order valence-electron chi connectivity index (χ1n) is 4.38. The molecule has 0 aliphatic rings. The van der Waals surface area contributed by atoms with Crippen LogP contribution in [-0.2, 0) is 6.54 Å². The number of benzene rings is 1. The van der Waals surface area contributed by atoms with E-state index in [1.165, 1.54) is 5.56 Å². The number of aromatic nitrogens is 2. The van der Waals surface area contributed by atoms with Gasteiger partial charge in [-0.2, -0.15) is 4.57 Å². The smallest absolute Gasteiger partial charge is 0.187 e. The third kappa shape index (κ3) is 2.30. The quantitative estimate of drug-likeness (QED) is 0.686. The zero-order chi connectivity index (χ0) is 9.80. The summed E-state index contributed by atoms with van der Waals surface area (Å²) in [6.45, 7) is 0.847. The molecule has 0 saturated carbocycles. The monoisotopic (exact) mass is 205 g/mol. The highest BCUT2D eigenvalue weighted by atomic mass is 35.5. The molecule has 0 radical (unpaired) electrons. The molecule has 0 spiro atoms. The van der Waals surface area contributed by atoms with Crippen LogP contribution in [0.15, 0.2) is 49.1 Å². The van der Waals surface area contributed by atoms with E-state index in [-0.39, 0.29) is 0 Å². The normalized spacial score (nSPS) is 10.1. The summed E-state index contributed by atoms with van der Waals surface area (Å²) in [4.78, 5) is 3.96. The lowest BCUT2D eigenvalue weighted by Gasteiger charge is -1.96. The molecule has 0 unspecified atom stereocenters. The van der Waals surface area contributed by atoms with E-state index in [1.807, 2.05) is 36.7 Å². The van der Waals surface area contributed by atoms with Crippen molar-refractivity contribution < 1.29 is 4.57 Å². The Morgan fingerprint density at radius 1 is 1.07 bits per heavy atom. The van der Waals surface area contributed by atoms with Crippen molar-refractivity contribution in [3.05, 3.63) is 59.6 Å². The van der Waals surface area contributed by atoms with Crippen LogP contribution in [0, 0.1) is 0 Å². The molecule has 2 nitrogen and oxygen atoms in total. The van der Waals surface area contributed by atoms with Gasteiger partial charge in [-0.25, -0.2) is 0 Å². The van der Waals surface area contributed by atoms with E-state index in [1.54, 1.807) is 12.4 Å². The maximum atomic E-state index is 5.80. The van der Waals surface area contributed by atoms with Gasteiger partial charge in [0.2, 0.25) is 0 Å². The summed E-state index contributed by atoms with van der Waals surface area (Å²) in [7, 11) is 0. The average molecular weight is 206 g/mol. The first-order valence-corrected chi connectivity index (χ1v) is 4.76. The van der Waals surface area contributed by atoms with Crippen molar-refractivity contribution in [2.24, 2.45) is 0 Å². The van der Waals surface area contributed by atoms with Gasteiger partial charge in [0, 0.05) is 10.6 Å². The van der Waals surface area contributed by atoms with E-state index in [0.717, 1.165) is 11.6 Å². The maximum Gasteiger partial charge on any atom is 0.187 e. The standard InChI is InChI=1S/C11H10ClN2/c12-11-3-1-10(2-4-11)9-14-7-5-13-6-8-14/h1-8H,9H2/q+1. The highest BCUT2D eigenvalue weighted by Gasteiger charge is 2.00. The molecule has 3 heteroatoms. The zero-order valence-corrected chi connectivity index (χ0v) is 8.35. The van der Waals surface area contributed by atoms with Gasteiger partial charge < -0.3 is 0 Å². The Hall–Kier alpha value is -1.41. The van der Waals surface area contributed by atoms with Gasteiger partial charge in [0.15, 0.2) is 18.9 Å². The fourth-order valence-corrected chi connectivity index (χ4v) is 1.38. The molecular formula is C11H10ClN2+. The molecule has 1 aromatic carbocycles. The van der Waals surface area contributed by atoms with Crippen LogP contribution in [0.1, 0.15) is 5.56 Å². The summed E-state index contributed by atoms with van der Waals surface area (Å²) in [5.74, 6) is 0. The van der Waals surface area contributed by atoms with E-state index in [9.17, 15) is 0 Å². The summed E-state index contributed by atoms with van der Waals surface area (Å²) in [6, 6.07) is 7.85. The molecule has 1 aromatic heterocycles. The molecule has 0 amide bonds. The van der Waals surface area contributed by atoms with Gasteiger partial charge in [-0.3, -0.25) is 4.98 Å². The molecule has 0 fully saturated rings. The van der Waals surface area contributed by atoms with Crippen molar-refractivity contribution in [3.63, 3.8) is 0 Å². The fraction of sp³-hybridized carbons (Fsp3) is 0.0909. The first-order chi connectivity index (χ1) is 6.84. The Morgan fingerprint density at radius 3 is 2.36 bits per heavy atom. The molecule has 0 saturated heterocycles. The van der Waals surface area contributed by atoms with E-state index < -0.39 is 0 Å². The van der Waals surface area contributed by atoms with Gasteiger partial charge in [-0.15, -0.1) is 0 Å². The first kappa shape index (κ1) is 9.16. The van der Waals surface area contributed by atoms with Gasteiger partial charge in [0.25, 0.3) is 0 Å². The summed E-state index contributed by atoms with van der Waals surface area (Å²) < 4.78 is 2.07. The predicted octanol–water partition coefficient (Wildman–Crippen LogP) is 2.07. The summed E-state index contributed by atoms with van der Waals surface area (Å²) in [5.41, 5.74) is 1.23. The van der Waals surface area contributed by atoms with Crippen LogP contribution in [0.2, 0.25) is 5.02 Å². The molecule has 0 aliphatic heterocycles. The van der Waals surface area contributed by atoms with Crippen LogP contribution in [0.25, 0.3) is 0 Å². The SMILES string of the molecule is Clc1ccc(C[n+]2ccncc2)cc1. The van der Waals surface area contributed by atoms with Crippen LogP contribution < -0.4 is 4.57 Å². The number of halogens is 1. The minimum Gasteiger partial charge on any atom is -0.252 e. The molecule has 0 N–H and O–H groups in total. The number of rotatable bonds is 2. The van der Waals surface area contributed by atoms with Gasteiger partial charge in [-0.05, 0) is 12.1 Å². The van der Waals surface area contributed by atoms with Crippen molar-refractivity contribution >= 4 is 11.6 Å². The minimum atomic E-state index is 0.772. The van der Waals surface area contributed by atoms with Crippen molar-refractivity contribution in [1.82, 2.24) is 4.98 Å². The van der Waals surface area contributed by atoms with Crippen LogP contribution in [-0.4, -0.2) is 4.98 Å². The molecule has 0 bridgehead atoms. The van der Waals surface area contributed by atoms with Crippen LogP contribution in [0.4, 0.5) is 0 Å². The van der Waals surface area contributed by atoms with E-state index in [2.05, 4.69) is 9.55 Å². The molecule has 14 heavy (non-hydrogen) atoms. The second-order valence-electron chi connectivity index (χ2n) is 3.04. The Morgan fingerprint density at radius 2 is 1.71 bits per heavy atom. The summed E-state index contributed by atoms with van der Waals surface area (Å²) >= 11 is 5.80. The molecule has 70 valence electrons. The fourth-order valence-electron chi connectivity index (χ4n) is 1.25.